The van der Waals surface area contributed by atoms with Gasteiger partial charge in [-0.3, -0.25) is 0 Å². The van der Waals surface area contributed by atoms with Crippen molar-refractivity contribution >= 4 is 32.3 Å². The standard InChI is InChI=1S/C21H13NO2S/c23-16-5-6-17-14(10-16)9-15(11-18(17)13-7-8-24-12-13)21-22-19-3-1-2-4-20(19)25-21/h1-12,23H. The van der Waals surface area contributed by atoms with Crippen molar-refractivity contribution in [2.45, 2.75) is 0 Å². The van der Waals surface area contributed by atoms with Crippen LogP contribution in [0.25, 0.3) is 42.7 Å². The molecule has 5 aromatic rings. The van der Waals surface area contributed by atoms with Crippen molar-refractivity contribution in [3.63, 3.8) is 0 Å². The number of aromatic hydroxyl groups is 1. The molecule has 0 aliphatic heterocycles. The van der Waals surface area contributed by atoms with E-state index in [-0.39, 0.29) is 5.75 Å². The SMILES string of the molecule is Oc1ccc2c(-c3ccoc3)cc(-c3nc4ccccc4s3)cc2c1. The summed E-state index contributed by atoms with van der Waals surface area (Å²) >= 11 is 1.67. The largest absolute Gasteiger partial charge is 0.508 e. The van der Waals surface area contributed by atoms with Gasteiger partial charge in [0.15, 0.2) is 0 Å². The molecule has 0 fully saturated rings. The van der Waals surface area contributed by atoms with Crippen LogP contribution in [-0.2, 0) is 0 Å². The average molecular weight is 343 g/mol. The molecule has 4 heteroatoms. The molecular formula is C21H13NO2S. The van der Waals surface area contributed by atoms with Gasteiger partial charge < -0.3 is 9.52 Å². The van der Waals surface area contributed by atoms with Gasteiger partial charge in [0.25, 0.3) is 0 Å². The second-order valence-corrected chi connectivity index (χ2v) is 6.96. The molecule has 0 atom stereocenters. The summed E-state index contributed by atoms with van der Waals surface area (Å²) in [5.74, 6) is 0.257. The second-order valence-electron chi connectivity index (χ2n) is 5.93. The highest BCUT2D eigenvalue weighted by Crippen LogP contribution is 2.38. The Bertz CT molecular complexity index is 1170. The molecule has 120 valence electrons. The molecule has 2 heterocycles. The predicted octanol–water partition coefficient (Wildman–Crippen LogP) is 6.08. The Balaban J connectivity index is 1.81. The van der Waals surface area contributed by atoms with E-state index in [1.165, 1.54) is 4.70 Å². The van der Waals surface area contributed by atoms with Crippen LogP contribution in [-0.4, -0.2) is 10.1 Å². The van der Waals surface area contributed by atoms with Gasteiger partial charge in [-0.1, -0.05) is 18.2 Å². The van der Waals surface area contributed by atoms with Gasteiger partial charge in [0.05, 0.1) is 22.7 Å². The number of phenolic OH excluding ortho intramolecular Hbond substituents is 1. The summed E-state index contributed by atoms with van der Waals surface area (Å²) in [6, 6.07) is 19.7. The maximum atomic E-state index is 9.90. The minimum absolute atomic E-state index is 0.257. The lowest BCUT2D eigenvalue weighted by Gasteiger charge is -2.08. The molecular weight excluding hydrogens is 330 g/mol. The first kappa shape index (κ1) is 14.3. The number of nitrogens with zero attached hydrogens (tertiary/aromatic N) is 1. The van der Waals surface area contributed by atoms with Crippen molar-refractivity contribution in [1.82, 2.24) is 4.98 Å². The van der Waals surface area contributed by atoms with Crippen LogP contribution in [0.15, 0.2) is 77.6 Å². The number of rotatable bonds is 2. The monoisotopic (exact) mass is 343 g/mol. The van der Waals surface area contributed by atoms with Crippen molar-refractivity contribution in [3.05, 3.63) is 73.2 Å². The van der Waals surface area contributed by atoms with Gasteiger partial charge in [0.1, 0.15) is 10.8 Å². The van der Waals surface area contributed by atoms with E-state index in [9.17, 15) is 5.11 Å². The first-order valence-electron chi connectivity index (χ1n) is 7.93. The number of benzene rings is 3. The maximum absolute atomic E-state index is 9.90. The van der Waals surface area contributed by atoms with Crippen molar-refractivity contribution in [1.29, 1.82) is 0 Å². The van der Waals surface area contributed by atoms with Gasteiger partial charge >= 0.3 is 0 Å². The number of thiazole rings is 1. The summed E-state index contributed by atoms with van der Waals surface area (Å²) in [5, 5.41) is 12.9. The Kier molecular flexibility index (Phi) is 3.11. The lowest BCUT2D eigenvalue weighted by molar-refractivity contribution is 0.476. The smallest absolute Gasteiger partial charge is 0.124 e. The average Bonchev–Trinajstić information content (AvgIpc) is 3.30. The molecule has 0 amide bonds. The van der Waals surface area contributed by atoms with Crippen molar-refractivity contribution < 1.29 is 9.52 Å². The van der Waals surface area contributed by atoms with Gasteiger partial charge in [-0.25, -0.2) is 4.98 Å². The first-order chi connectivity index (χ1) is 12.3. The fourth-order valence-corrected chi connectivity index (χ4v) is 4.09. The molecule has 0 spiro atoms. The summed E-state index contributed by atoms with van der Waals surface area (Å²) in [7, 11) is 0. The fourth-order valence-electron chi connectivity index (χ4n) is 3.13. The summed E-state index contributed by atoms with van der Waals surface area (Å²) in [4.78, 5) is 4.77. The van der Waals surface area contributed by atoms with Gasteiger partial charge in [0, 0.05) is 11.1 Å². The zero-order chi connectivity index (χ0) is 16.8. The molecule has 2 aromatic heterocycles. The summed E-state index contributed by atoms with van der Waals surface area (Å²) in [6.45, 7) is 0. The van der Waals surface area contributed by atoms with Crippen LogP contribution in [0.4, 0.5) is 0 Å². The number of para-hydroxylation sites is 1. The Morgan fingerprint density at radius 1 is 0.920 bits per heavy atom. The molecule has 5 rings (SSSR count). The van der Waals surface area contributed by atoms with Gasteiger partial charge in [-0.15, -0.1) is 11.3 Å². The highest BCUT2D eigenvalue weighted by molar-refractivity contribution is 7.21. The molecule has 3 aromatic carbocycles. The van der Waals surface area contributed by atoms with E-state index in [1.807, 2.05) is 30.3 Å². The highest BCUT2D eigenvalue weighted by Gasteiger charge is 2.12. The molecule has 0 aliphatic carbocycles. The van der Waals surface area contributed by atoms with E-state index < -0.39 is 0 Å². The third-order valence-corrected chi connectivity index (χ3v) is 5.39. The number of fused-ring (bicyclic) bond motifs is 2. The van der Waals surface area contributed by atoms with E-state index in [2.05, 4.69) is 18.2 Å². The molecule has 0 saturated heterocycles. The van der Waals surface area contributed by atoms with E-state index in [4.69, 9.17) is 9.40 Å². The number of furan rings is 1. The number of phenols is 1. The van der Waals surface area contributed by atoms with Crippen molar-refractivity contribution in [2.24, 2.45) is 0 Å². The number of aromatic nitrogens is 1. The molecule has 0 saturated carbocycles. The number of hydrogen-bond acceptors (Lipinski definition) is 4. The normalized spacial score (nSPS) is 11.4. The second kappa shape index (κ2) is 5.46. The molecule has 0 bridgehead atoms. The van der Waals surface area contributed by atoms with Crippen LogP contribution in [0, 0.1) is 0 Å². The molecule has 1 N–H and O–H groups in total. The molecule has 3 nitrogen and oxygen atoms in total. The topological polar surface area (TPSA) is 46.3 Å². The Labute approximate surface area is 147 Å². The zero-order valence-electron chi connectivity index (χ0n) is 13.1. The van der Waals surface area contributed by atoms with Gasteiger partial charge in [-0.05, 0) is 58.8 Å². The quantitative estimate of drug-likeness (QED) is 0.422. The van der Waals surface area contributed by atoms with Gasteiger partial charge in [0.2, 0.25) is 0 Å². The van der Waals surface area contributed by atoms with Crippen LogP contribution in [0.1, 0.15) is 0 Å². The fraction of sp³-hybridized carbons (Fsp3) is 0. The van der Waals surface area contributed by atoms with Crippen LogP contribution in [0.5, 0.6) is 5.75 Å². The summed E-state index contributed by atoms with van der Waals surface area (Å²) in [5.41, 5.74) is 4.12. The van der Waals surface area contributed by atoms with Gasteiger partial charge in [-0.2, -0.15) is 0 Å². The van der Waals surface area contributed by atoms with Crippen molar-refractivity contribution in [2.75, 3.05) is 0 Å². The molecule has 0 radical (unpaired) electrons. The summed E-state index contributed by atoms with van der Waals surface area (Å²) in [6.07, 6.45) is 3.41. The van der Waals surface area contributed by atoms with E-state index in [0.717, 1.165) is 38.0 Å². The maximum Gasteiger partial charge on any atom is 0.124 e. The zero-order valence-corrected chi connectivity index (χ0v) is 14.0. The lowest BCUT2D eigenvalue weighted by atomic mass is 9.97. The van der Waals surface area contributed by atoms with E-state index in [0.29, 0.717) is 0 Å². The Morgan fingerprint density at radius 2 is 1.84 bits per heavy atom. The first-order valence-corrected chi connectivity index (χ1v) is 8.75. The minimum Gasteiger partial charge on any atom is -0.508 e. The Morgan fingerprint density at radius 3 is 2.68 bits per heavy atom. The Hall–Kier alpha value is -3.11. The van der Waals surface area contributed by atoms with Crippen LogP contribution >= 0.6 is 11.3 Å². The number of hydrogen-bond donors (Lipinski definition) is 1. The van der Waals surface area contributed by atoms with E-state index in [1.54, 1.807) is 36.0 Å². The molecule has 0 unspecified atom stereocenters. The van der Waals surface area contributed by atoms with Crippen LogP contribution < -0.4 is 0 Å². The van der Waals surface area contributed by atoms with Crippen LogP contribution in [0.2, 0.25) is 0 Å². The third-order valence-electron chi connectivity index (χ3n) is 4.31. The summed E-state index contributed by atoms with van der Waals surface area (Å²) < 4.78 is 6.44. The minimum atomic E-state index is 0.257. The van der Waals surface area contributed by atoms with Crippen LogP contribution in [0.3, 0.4) is 0 Å². The van der Waals surface area contributed by atoms with Crippen molar-refractivity contribution in [3.8, 4) is 27.4 Å². The lowest BCUT2D eigenvalue weighted by Crippen LogP contribution is -1.84. The third kappa shape index (κ3) is 2.39. The molecule has 0 aliphatic rings. The highest BCUT2D eigenvalue weighted by atomic mass is 32.1. The van der Waals surface area contributed by atoms with E-state index >= 15 is 0 Å². The molecule has 25 heavy (non-hydrogen) atoms. The predicted molar refractivity (Wildman–Crippen MR) is 102 cm³/mol.